The quantitative estimate of drug-likeness (QED) is 0.811. The molecule has 2 aromatic rings. The number of hydrogen-bond donors (Lipinski definition) is 2. The molecule has 18 heavy (non-hydrogen) atoms. The van der Waals surface area contributed by atoms with Gasteiger partial charge in [-0.15, -0.1) is 5.10 Å². The highest BCUT2D eigenvalue weighted by Gasteiger charge is 2.14. The molecule has 0 fully saturated rings. The summed E-state index contributed by atoms with van der Waals surface area (Å²) in [5.41, 5.74) is 6.64. The first-order chi connectivity index (χ1) is 8.47. The second kappa shape index (κ2) is 4.61. The summed E-state index contributed by atoms with van der Waals surface area (Å²) in [5, 5.41) is 7.51. The normalized spacial score (nSPS) is 11.2. The smallest absolute Gasteiger partial charge is 0.263 e. The van der Waals surface area contributed by atoms with Crippen LogP contribution >= 0.6 is 0 Å². The van der Waals surface area contributed by atoms with Gasteiger partial charge in [-0.3, -0.25) is 4.72 Å². The molecule has 1 aromatic heterocycles. The number of sulfonamides is 1. The Kier molecular flexibility index (Phi) is 3.15. The van der Waals surface area contributed by atoms with Crippen LogP contribution in [0.4, 0.5) is 11.5 Å². The first-order valence-corrected chi connectivity index (χ1v) is 6.64. The highest BCUT2D eigenvalue weighted by atomic mass is 32.2. The van der Waals surface area contributed by atoms with Gasteiger partial charge in [-0.05, 0) is 37.3 Å². The molecule has 0 amide bonds. The maximum absolute atomic E-state index is 12.0. The molecule has 0 spiro atoms. The van der Waals surface area contributed by atoms with E-state index in [1.165, 1.54) is 12.1 Å². The zero-order valence-corrected chi connectivity index (χ0v) is 10.5. The predicted octanol–water partition coefficient (Wildman–Crippen LogP) is 1.17. The molecule has 0 atom stereocenters. The molecule has 7 heteroatoms. The van der Waals surface area contributed by atoms with Crippen molar-refractivity contribution >= 4 is 21.5 Å². The minimum absolute atomic E-state index is 0.0878. The summed E-state index contributed by atoms with van der Waals surface area (Å²) < 4.78 is 26.3. The van der Waals surface area contributed by atoms with Crippen LogP contribution < -0.4 is 10.5 Å². The van der Waals surface area contributed by atoms with E-state index in [1.807, 2.05) is 0 Å². The van der Waals surface area contributed by atoms with Crippen LogP contribution in [0.3, 0.4) is 0 Å². The molecular formula is C11H12N4O2S. The molecule has 1 heterocycles. The number of nitrogen functional groups attached to an aromatic ring is 1. The molecule has 0 saturated carbocycles. The second-order valence-corrected chi connectivity index (χ2v) is 5.42. The van der Waals surface area contributed by atoms with Crippen molar-refractivity contribution in [3.8, 4) is 0 Å². The number of anilines is 2. The summed E-state index contributed by atoms with van der Waals surface area (Å²) in [5.74, 6) is 0.169. The third kappa shape index (κ3) is 2.75. The molecule has 1 aromatic carbocycles. The molecule has 0 unspecified atom stereocenters. The van der Waals surface area contributed by atoms with Gasteiger partial charge in [-0.2, -0.15) is 5.10 Å². The van der Waals surface area contributed by atoms with Gasteiger partial charge in [0.15, 0.2) is 5.82 Å². The van der Waals surface area contributed by atoms with E-state index in [0.29, 0.717) is 11.4 Å². The summed E-state index contributed by atoms with van der Waals surface area (Å²) in [7, 11) is -3.68. The third-order valence-electron chi connectivity index (χ3n) is 2.21. The summed E-state index contributed by atoms with van der Waals surface area (Å²) in [4.78, 5) is 0.0878. The predicted molar refractivity (Wildman–Crippen MR) is 68.4 cm³/mol. The van der Waals surface area contributed by atoms with E-state index in [4.69, 9.17) is 5.73 Å². The average molecular weight is 264 g/mol. The Hall–Kier alpha value is -2.15. The van der Waals surface area contributed by atoms with Gasteiger partial charge in [0, 0.05) is 5.69 Å². The molecule has 0 radical (unpaired) electrons. The molecule has 0 bridgehead atoms. The average Bonchev–Trinajstić information content (AvgIpc) is 2.32. The van der Waals surface area contributed by atoms with E-state index in [9.17, 15) is 8.42 Å². The van der Waals surface area contributed by atoms with Crippen LogP contribution in [-0.4, -0.2) is 18.6 Å². The Labute approximate surface area is 105 Å². The Morgan fingerprint density at radius 1 is 1.17 bits per heavy atom. The largest absolute Gasteiger partial charge is 0.399 e. The minimum atomic E-state index is -3.68. The molecule has 2 rings (SSSR count). The lowest BCUT2D eigenvalue weighted by Crippen LogP contribution is -2.14. The molecule has 0 saturated heterocycles. The number of hydrogen-bond acceptors (Lipinski definition) is 5. The summed E-state index contributed by atoms with van der Waals surface area (Å²) in [6.45, 7) is 1.77. The maximum atomic E-state index is 12.0. The molecule has 94 valence electrons. The lowest BCUT2D eigenvalue weighted by atomic mass is 10.3. The van der Waals surface area contributed by atoms with Gasteiger partial charge in [0.1, 0.15) is 0 Å². The van der Waals surface area contributed by atoms with Crippen LogP contribution in [0.5, 0.6) is 0 Å². The van der Waals surface area contributed by atoms with E-state index in [2.05, 4.69) is 14.9 Å². The molecular weight excluding hydrogens is 252 g/mol. The van der Waals surface area contributed by atoms with Crippen molar-refractivity contribution in [1.82, 2.24) is 10.2 Å². The van der Waals surface area contributed by atoms with Crippen molar-refractivity contribution < 1.29 is 8.42 Å². The van der Waals surface area contributed by atoms with Gasteiger partial charge < -0.3 is 5.73 Å². The number of nitrogens with zero attached hydrogens (tertiary/aromatic N) is 2. The highest BCUT2D eigenvalue weighted by molar-refractivity contribution is 7.92. The van der Waals surface area contributed by atoms with Crippen LogP contribution in [-0.2, 0) is 10.0 Å². The van der Waals surface area contributed by atoms with E-state index >= 15 is 0 Å². The van der Waals surface area contributed by atoms with Crippen molar-refractivity contribution in [3.63, 3.8) is 0 Å². The molecule has 0 aliphatic heterocycles. The van der Waals surface area contributed by atoms with E-state index in [-0.39, 0.29) is 10.7 Å². The van der Waals surface area contributed by atoms with Crippen LogP contribution in [0.25, 0.3) is 0 Å². The monoisotopic (exact) mass is 264 g/mol. The topological polar surface area (TPSA) is 98.0 Å². The van der Waals surface area contributed by atoms with Crippen molar-refractivity contribution in [2.45, 2.75) is 11.8 Å². The SMILES string of the molecule is Cc1ccc(NS(=O)(=O)c2cccc(N)c2)nn1. The standard InChI is InChI=1S/C11H12N4O2S/c1-8-5-6-11(14-13-8)15-18(16,17)10-4-2-3-9(12)7-10/h2-7H,12H2,1H3,(H,14,15). The Morgan fingerprint density at radius 3 is 2.56 bits per heavy atom. The first kappa shape index (κ1) is 12.3. The van der Waals surface area contributed by atoms with E-state index in [1.54, 1.807) is 31.2 Å². The number of aryl methyl sites for hydroxylation is 1. The van der Waals surface area contributed by atoms with Crippen LogP contribution in [0.15, 0.2) is 41.3 Å². The Bertz CT molecular complexity index is 653. The van der Waals surface area contributed by atoms with Crippen molar-refractivity contribution in [1.29, 1.82) is 0 Å². The van der Waals surface area contributed by atoms with E-state index < -0.39 is 10.0 Å². The van der Waals surface area contributed by atoms with Crippen molar-refractivity contribution in [2.75, 3.05) is 10.5 Å². The van der Waals surface area contributed by atoms with Gasteiger partial charge >= 0.3 is 0 Å². The van der Waals surface area contributed by atoms with Gasteiger partial charge in [0.25, 0.3) is 10.0 Å². The molecule has 3 N–H and O–H groups in total. The van der Waals surface area contributed by atoms with Gasteiger partial charge in [-0.25, -0.2) is 8.42 Å². The zero-order chi connectivity index (χ0) is 13.2. The zero-order valence-electron chi connectivity index (χ0n) is 9.66. The number of aromatic nitrogens is 2. The fraction of sp³-hybridized carbons (Fsp3) is 0.0909. The lowest BCUT2D eigenvalue weighted by Gasteiger charge is -2.07. The molecule has 6 nitrogen and oxygen atoms in total. The molecule has 0 aliphatic carbocycles. The summed E-state index contributed by atoms with van der Waals surface area (Å²) in [6.07, 6.45) is 0. The first-order valence-electron chi connectivity index (χ1n) is 5.16. The van der Waals surface area contributed by atoms with Crippen molar-refractivity contribution in [2.24, 2.45) is 0 Å². The maximum Gasteiger partial charge on any atom is 0.263 e. The minimum Gasteiger partial charge on any atom is -0.399 e. The fourth-order valence-electron chi connectivity index (χ4n) is 1.33. The second-order valence-electron chi connectivity index (χ2n) is 3.74. The summed E-state index contributed by atoms with van der Waals surface area (Å²) >= 11 is 0. The number of benzene rings is 1. The lowest BCUT2D eigenvalue weighted by molar-refractivity contribution is 0.601. The summed E-state index contributed by atoms with van der Waals surface area (Å²) in [6, 6.07) is 9.25. The Balaban J connectivity index is 2.30. The fourth-order valence-corrected chi connectivity index (χ4v) is 2.38. The third-order valence-corrected chi connectivity index (χ3v) is 3.56. The van der Waals surface area contributed by atoms with Crippen molar-refractivity contribution in [3.05, 3.63) is 42.1 Å². The van der Waals surface area contributed by atoms with Crippen LogP contribution in [0.1, 0.15) is 5.69 Å². The van der Waals surface area contributed by atoms with Gasteiger partial charge in [0.05, 0.1) is 10.6 Å². The molecule has 0 aliphatic rings. The van der Waals surface area contributed by atoms with Crippen LogP contribution in [0, 0.1) is 6.92 Å². The van der Waals surface area contributed by atoms with Crippen LogP contribution in [0.2, 0.25) is 0 Å². The number of nitrogens with two attached hydrogens (primary N) is 1. The Morgan fingerprint density at radius 2 is 1.94 bits per heavy atom. The van der Waals surface area contributed by atoms with Gasteiger partial charge in [0.2, 0.25) is 0 Å². The number of nitrogens with one attached hydrogen (secondary N) is 1. The number of rotatable bonds is 3. The highest BCUT2D eigenvalue weighted by Crippen LogP contribution is 2.16. The van der Waals surface area contributed by atoms with Gasteiger partial charge in [-0.1, -0.05) is 6.07 Å². The van der Waals surface area contributed by atoms with E-state index in [0.717, 1.165) is 0 Å².